The lowest BCUT2D eigenvalue weighted by molar-refractivity contribution is 0.0730. The van der Waals surface area contributed by atoms with E-state index in [1.807, 2.05) is 0 Å². The normalized spacial score (nSPS) is 21.8. The van der Waals surface area contributed by atoms with Crippen molar-refractivity contribution < 1.29 is 17.9 Å². The van der Waals surface area contributed by atoms with E-state index < -0.39 is 10.0 Å². The number of hydrogen-bond donors (Lipinski definition) is 1. The van der Waals surface area contributed by atoms with E-state index in [0.29, 0.717) is 31.9 Å². The molecular formula is C18H25N3O4S. The van der Waals surface area contributed by atoms with Crippen LogP contribution in [-0.4, -0.2) is 64.1 Å². The Morgan fingerprint density at radius 3 is 2.42 bits per heavy atom. The number of nitrogens with zero attached hydrogens (tertiary/aromatic N) is 2. The summed E-state index contributed by atoms with van der Waals surface area (Å²) in [5.74, 6) is -0.173. The number of carbonyl (C=O) groups is 1. The van der Waals surface area contributed by atoms with Crippen molar-refractivity contribution in [3.63, 3.8) is 0 Å². The molecule has 0 bridgehead atoms. The molecule has 4 rings (SSSR count). The molecule has 0 spiro atoms. The largest absolute Gasteiger partial charge is 0.379 e. The highest BCUT2D eigenvalue weighted by atomic mass is 32.2. The van der Waals surface area contributed by atoms with E-state index in [2.05, 4.69) is 10.2 Å². The van der Waals surface area contributed by atoms with Gasteiger partial charge in [-0.2, -0.15) is 4.31 Å². The van der Waals surface area contributed by atoms with Crippen LogP contribution >= 0.6 is 0 Å². The van der Waals surface area contributed by atoms with E-state index in [1.54, 1.807) is 18.2 Å². The monoisotopic (exact) mass is 379 g/mol. The van der Waals surface area contributed by atoms with Crippen molar-refractivity contribution in [3.05, 3.63) is 23.8 Å². The molecule has 2 saturated heterocycles. The van der Waals surface area contributed by atoms with Crippen molar-refractivity contribution in [3.8, 4) is 0 Å². The van der Waals surface area contributed by atoms with Gasteiger partial charge in [0.25, 0.3) is 5.91 Å². The summed E-state index contributed by atoms with van der Waals surface area (Å²) in [5.41, 5.74) is 1.30. The Morgan fingerprint density at radius 2 is 1.77 bits per heavy atom. The lowest BCUT2D eigenvalue weighted by atomic mass is 10.1. The molecule has 0 atom stereocenters. The van der Waals surface area contributed by atoms with Crippen molar-refractivity contribution in [2.24, 2.45) is 0 Å². The van der Waals surface area contributed by atoms with Crippen LogP contribution in [0.25, 0.3) is 0 Å². The highest BCUT2D eigenvalue weighted by Crippen LogP contribution is 2.30. The summed E-state index contributed by atoms with van der Waals surface area (Å²) in [5, 5.41) is 3.00. The zero-order valence-electron chi connectivity index (χ0n) is 14.8. The first-order valence-electron chi connectivity index (χ1n) is 9.33. The minimum absolute atomic E-state index is 0.173. The van der Waals surface area contributed by atoms with Crippen LogP contribution in [0.15, 0.2) is 23.1 Å². The molecule has 0 radical (unpaired) electrons. The van der Waals surface area contributed by atoms with E-state index >= 15 is 0 Å². The van der Waals surface area contributed by atoms with Gasteiger partial charge in [-0.05, 0) is 43.9 Å². The fraction of sp³-hybridized carbons (Fsp3) is 0.611. The molecule has 3 fully saturated rings. The first-order chi connectivity index (χ1) is 12.6. The highest BCUT2D eigenvalue weighted by molar-refractivity contribution is 7.89. The minimum Gasteiger partial charge on any atom is -0.379 e. The molecule has 1 aliphatic carbocycles. The van der Waals surface area contributed by atoms with Gasteiger partial charge in [-0.15, -0.1) is 0 Å². The van der Waals surface area contributed by atoms with Gasteiger partial charge in [0.05, 0.1) is 23.7 Å². The van der Waals surface area contributed by atoms with Gasteiger partial charge in [-0.1, -0.05) is 0 Å². The van der Waals surface area contributed by atoms with E-state index in [0.717, 1.165) is 44.5 Å². The average Bonchev–Trinajstić information content (AvgIpc) is 3.31. The van der Waals surface area contributed by atoms with Gasteiger partial charge in [-0.3, -0.25) is 4.79 Å². The van der Waals surface area contributed by atoms with Crippen LogP contribution in [-0.2, 0) is 14.8 Å². The summed E-state index contributed by atoms with van der Waals surface area (Å²) in [6.45, 7) is 3.30. The smallest absolute Gasteiger partial charge is 0.253 e. The van der Waals surface area contributed by atoms with Gasteiger partial charge in [0.1, 0.15) is 0 Å². The first kappa shape index (κ1) is 17.8. The molecule has 26 heavy (non-hydrogen) atoms. The van der Waals surface area contributed by atoms with Crippen molar-refractivity contribution >= 4 is 21.6 Å². The standard InChI is InChI=1S/C18H25N3O4S/c22-18(19-14-3-4-14)16-13-15(5-6-17(16)20-7-1-2-8-20)26(23,24)21-9-11-25-12-10-21/h5-6,13-14H,1-4,7-12H2,(H,19,22). The minimum atomic E-state index is -3.62. The molecule has 8 heteroatoms. The summed E-state index contributed by atoms with van der Waals surface area (Å²) < 4.78 is 32.6. The number of carbonyl (C=O) groups excluding carboxylic acids is 1. The van der Waals surface area contributed by atoms with E-state index in [1.165, 1.54) is 4.31 Å². The number of ether oxygens (including phenoxy) is 1. The maximum atomic E-state index is 13.0. The number of anilines is 1. The van der Waals surface area contributed by atoms with Crippen LogP contribution in [0.1, 0.15) is 36.0 Å². The van der Waals surface area contributed by atoms with Crippen molar-refractivity contribution in [1.29, 1.82) is 0 Å². The van der Waals surface area contributed by atoms with Crippen molar-refractivity contribution in [1.82, 2.24) is 9.62 Å². The number of rotatable bonds is 5. The SMILES string of the molecule is O=C(NC1CC1)c1cc(S(=O)(=O)N2CCOCC2)ccc1N1CCCC1. The van der Waals surface area contributed by atoms with Crippen LogP contribution in [0.3, 0.4) is 0 Å². The van der Waals surface area contributed by atoms with Gasteiger partial charge in [0.2, 0.25) is 10.0 Å². The summed E-state index contributed by atoms with van der Waals surface area (Å²) in [6.07, 6.45) is 4.18. The maximum Gasteiger partial charge on any atom is 0.253 e. The second-order valence-electron chi connectivity index (χ2n) is 7.14. The zero-order chi connectivity index (χ0) is 18.1. The van der Waals surface area contributed by atoms with Gasteiger partial charge in [-0.25, -0.2) is 8.42 Å². The Hall–Kier alpha value is -1.64. The predicted molar refractivity (Wildman–Crippen MR) is 98.0 cm³/mol. The van der Waals surface area contributed by atoms with E-state index in [4.69, 9.17) is 4.74 Å². The Balaban J connectivity index is 1.68. The predicted octanol–water partition coefficient (Wildman–Crippen LogP) is 1.20. The Kier molecular flexibility index (Phi) is 4.90. The molecule has 1 saturated carbocycles. The Morgan fingerprint density at radius 1 is 1.08 bits per heavy atom. The molecule has 0 unspecified atom stereocenters. The second kappa shape index (κ2) is 7.17. The molecule has 2 heterocycles. The molecule has 7 nitrogen and oxygen atoms in total. The third-order valence-corrected chi connectivity index (χ3v) is 7.07. The average molecular weight is 379 g/mol. The van der Waals surface area contributed by atoms with Gasteiger partial charge < -0.3 is 15.0 Å². The molecule has 0 aromatic heterocycles. The number of hydrogen-bond acceptors (Lipinski definition) is 5. The van der Waals surface area contributed by atoms with Crippen LogP contribution in [0.4, 0.5) is 5.69 Å². The number of sulfonamides is 1. The number of benzene rings is 1. The first-order valence-corrected chi connectivity index (χ1v) is 10.8. The van der Waals surface area contributed by atoms with Crippen LogP contribution < -0.4 is 10.2 Å². The van der Waals surface area contributed by atoms with Crippen molar-refractivity contribution in [2.75, 3.05) is 44.3 Å². The molecule has 3 aliphatic rings. The topological polar surface area (TPSA) is 79.0 Å². The molecule has 1 amide bonds. The maximum absolute atomic E-state index is 13.0. The molecule has 2 aliphatic heterocycles. The lowest BCUT2D eigenvalue weighted by Crippen LogP contribution is -2.40. The van der Waals surface area contributed by atoms with Crippen LogP contribution in [0, 0.1) is 0 Å². The Bertz CT molecular complexity index is 780. The molecule has 142 valence electrons. The van der Waals surface area contributed by atoms with E-state index in [-0.39, 0.29) is 16.8 Å². The van der Waals surface area contributed by atoms with Crippen molar-refractivity contribution in [2.45, 2.75) is 36.6 Å². The van der Waals surface area contributed by atoms with Gasteiger partial charge in [0.15, 0.2) is 0 Å². The highest BCUT2D eigenvalue weighted by Gasteiger charge is 2.30. The molecular weight excluding hydrogens is 354 g/mol. The number of nitrogens with one attached hydrogen (secondary N) is 1. The van der Waals surface area contributed by atoms with Crippen LogP contribution in [0.5, 0.6) is 0 Å². The molecule has 1 aromatic rings. The van der Waals surface area contributed by atoms with E-state index in [9.17, 15) is 13.2 Å². The fourth-order valence-corrected chi connectivity index (χ4v) is 4.95. The lowest BCUT2D eigenvalue weighted by Gasteiger charge is -2.27. The summed E-state index contributed by atoms with van der Waals surface area (Å²) in [7, 11) is -3.62. The Labute approximate surface area is 154 Å². The van der Waals surface area contributed by atoms with Crippen LogP contribution in [0.2, 0.25) is 0 Å². The molecule has 1 aromatic carbocycles. The summed E-state index contributed by atoms with van der Waals surface area (Å²) in [6, 6.07) is 5.21. The van der Waals surface area contributed by atoms with Gasteiger partial charge in [0, 0.05) is 37.9 Å². The molecule has 1 N–H and O–H groups in total. The third-order valence-electron chi connectivity index (χ3n) is 5.18. The zero-order valence-corrected chi connectivity index (χ0v) is 15.6. The fourth-order valence-electron chi connectivity index (χ4n) is 3.52. The quantitative estimate of drug-likeness (QED) is 0.832. The van der Waals surface area contributed by atoms with Gasteiger partial charge >= 0.3 is 0 Å². The summed E-state index contributed by atoms with van der Waals surface area (Å²) in [4.78, 5) is 15.1. The summed E-state index contributed by atoms with van der Waals surface area (Å²) >= 11 is 0. The third kappa shape index (κ3) is 3.58. The number of amides is 1. The second-order valence-corrected chi connectivity index (χ2v) is 9.08. The number of morpholine rings is 1.